The van der Waals surface area contributed by atoms with Crippen molar-refractivity contribution in [2.45, 2.75) is 158 Å². The molecule has 0 aliphatic heterocycles. The highest BCUT2D eigenvalue weighted by Crippen LogP contribution is 2.44. The minimum atomic E-state index is -0.620. The number of carbonyl (C=O) groups excluding carboxylic acids is 8. The van der Waals surface area contributed by atoms with Gasteiger partial charge in [-0.25, -0.2) is 0 Å². The molecule has 8 bridgehead atoms. The first-order valence-corrected chi connectivity index (χ1v) is 28.1. The molecule has 16 heteroatoms. The van der Waals surface area contributed by atoms with Crippen LogP contribution < -0.4 is 0 Å². The van der Waals surface area contributed by atoms with Crippen LogP contribution in [0.15, 0.2) is 48.5 Å². The lowest BCUT2D eigenvalue weighted by atomic mass is 9.74. The lowest BCUT2D eigenvalue weighted by molar-refractivity contribution is -0.143. The molecule has 0 N–H and O–H groups in total. The second kappa shape index (κ2) is 30.3. The molecule has 0 fully saturated rings. The molecule has 0 atom stereocenters. The van der Waals surface area contributed by atoms with E-state index in [1.807, 2.05) is 76.2 Å². The van der Waals surface area contributed by atoms with Crippen molar-refractivity contribution >= 4 is 47.8 Å². The van der Waals surface area contributed by atoms with Gasteiger partial charge in [0.15, 0.2) is 0 Å². The van der Waals surface area contributed by atoms with Gasteiger partial charge in [-0.2, -0.15) is 0 Å². The van der Waals surface area contributed by atoms with E-state index in [9.17, 15) is 38.4 Å². The molecule has 1 aliphatic rings. The fraction of sp³-hybridized carbons (Fsp3) is 0.500. The molecule has 0 saturated heterocycles. The topological polar surface area (TPSA) is 210 Å². The quantitative estimate of drug-likeness (QED) is 0.0472. The Bertz CT molecular complexity index is 2350. The van der Waals surface area contributed by atoms with Crippen molar-refractivity contribution in [2.75, 3.05) is 52.9 Å². The maximum Gasteiger partial charge on any atom is 0.310 e. The summed E-state index contributed by atoms with van der Waals surface area (Å²) in [5, 5.41) is 0. The first kappa shape index (κ1) is 63.5. The highest BCUT2D eigenvalue weighted by Gasteiger charge is 2.32. The third kappa shape index (κ3) is 16.4. The summed E-state index contributed by atoms with van der Waals surface area (Å²) in [6.45, 7) is 22.4. The number of hydrogen-bond acceptors (Lipinski definition) is 16. The zero-order valence-electron chi connectivity index (χ0n) is 48.8. The number of benzene rings is 4. The molecule has 432 valence electrons. The minimum absolute atomic E-state index is 0.112. The van der Waals surface area contributed by atoms with E-state index < -0.39 is 71.4 Å². The van der Waals surface area contributed by atoms with E-state index in [0.717, 1.165) is 0 Å². The first-order chi connectivity index (χ1) is 38.2. The van der Waals surface area contributed by atoms with Crippen LogP contribution in [-0.4, -0.2) is 101 Å². The van der Waals surface area contributed by atoms with Crippen molar-refractivity contribution in [3.05, 3.63) is 138 Å². The summed E-state index contributed by atoms with van der Waals surface area (Å²) in [5.41, 5.74) is 9.66. The van der Waals surface area contributed by atoms with Gasteiger partial charge in [-0.1, -0.05) is 76.2 Å². The Hall–Kier alpha value is -7.36. The van der Waals surface area contributed by atoms with Gasteiger partial charge < -0.3 is 37.9 Å². The van der Waals surface area contributed by atoms with Crippen molar-refractivity contribution < 1.29 is 76.3 Å². The Labute approximate surface area is 470 Å². The summed E-state index contributed by atoms with van der Waals surface area (Å²) in [6.07, 6.45) is -1.51. The maximum absolute atomic E-state index is 13.7. The molecule has 4 aromatic carbocycles. The van der Waals surface area contributed by atoms with Gasteiger partial charge in [0, 0.05) is 23.7 Å². The van der Waals surface area contributed by atoms with Crippen LogP contribution in [0.1, 0.15) is 196 Å². The summed E-state index contributed by atoms with van der Waals surface area (Å²) in [5.74, 6) is -6.59. The smallest absolute Gasteiger partial charge is 0.310 e. The summed E-state index contributed by atoms with van der Waals surface area (Å²) >= 11 is 0. The molecule has 5 rings (SSSR count). The number of rotatable bonds is 24. The van der Waals surface area contributed by atoms with Crippen LogP contribution in [0.25, 0.3) is 0 Å². The Morgan fingerprint density at radius 1 is 0.237 bits per heavy atom. The van der Waals surface area contributed by atoms with Crippen molar-refractivity contribution in [1.82, 2.24) is 0 Å². The molecule has 0 spiro atoms. The van der Waals surface area contributed by atoms with E-state index in [-0.39, 0.29) is 104 Å². The van der Waals surface area contributed by atoms with Gasteiger partial charge in [0.25, 0.3) is 0 Å². The summed E-state index contributed by atoms with van der Waals surface area (Å²) < 4.78 is 44.4. The van der Waals surface area contributed by atoms with Crippen molar-refractivity contribution in [3.8, 4) is 0 Å². The van der Waals surface area contributed by atoms with Gasteiger partial charge in [-0.15, -0.1) is 0 Å². The molecule has 0 amide bonds. The predicted octanol–water partition coefficient (Wildman–Crippen LogP) is 9.45. The summed E-state index contributed by atoms with van der Waals surface area (Å²) in [6, 6.07) is 15.2. The van der Waals surface area contributed by atoms with Crippen molar-refractivity contribution in [1.29, 1.82) is 0 Å². The second-order valence-corrected chi connectivity index (χ2v) is 19.7. The van der Waals surface area contributed by atoms with Crippen LogP contribution in [0.4, 0.5) is 0 Å². The number of carbonyl (C=O) groups is 8. The molecule has 1 aliphatic carbocycles. The summed E-state index contributed by atoms with van der Waals surface area (Å²) in [4.78, 5) is 110. The van der Waals surface area contributed by atoms with Gasteiger partial charge in [0.1, 0.15) is 0 Å². The molecule has 0 saturated carbocycles. The third-order valence-corrected chi connectivity index (χ3v) is 14.5. The lowest BCUT2D eigenvalue weighted by Gasteiger charge is -2.30. The molecular weight excluding hydrogens is 1020 g/mol. The molecule has 0 heterocycles. The van der Waals surface area contributed by atoms with Crippen molar-refractivity contribution in [3.63, 3.8) is 0 Å². The van der Waals surface area contributed by atoms with Gasteiger partial charge in [0.2, 0.25) is 0 Å². The zero-order chi connectivity index (χ0) is 58.8. The number of esters is 8. The van der Waals surface area contributed by atoms with Crippen LogP contribution >= 0.6 is 0 Å². The highest BCUT2D eigenvalue weighted by atomic mass is 16.6. The van der Waals surface area contributed by atoms with E-state index in [2.05, 4.69) is 0 Å². The molecule has 0 radical (unpaired) electrons. The third-order valence-electron chi connectivity index (χ3n) is 14.5. The Morgan fingerprint density at radius 2 is 0.350 bits per heavy atom. The minimum Gasteiger partial charge on any atom is -0.466 e. The predicted molar refractivity (Wildman–Crippen MR) is 299 cm³/mol. The fourth-order valence-electron chi connectivity index (χ4n) is 11.0. The molecule has 16 nitrogen and oxygen atoms in total. The number of hydrogen-bond donors (Lipinski definition) is 0. The van der Waals surface area contributed by atoms with Crippen LogP contribution in [0.2, 0.25) is 0 Å². The van der Waals surface area contributed by atoms with E-state index >= 15 is 0 Å². The number of fused-ring (bicyclic) bond motifs is 8. The lowest BCUT2D eigenvalue weighted by Crippen LogP contribution is -2.20. The first-order valence-electron chi connectivity index (χ1n) is 28.1. The largest absolute Gasteiger partial charge is 0.466 e. The Morgan fingerprint density at radius 3 is 0.450 bits per heavy atom. The van der Waals surface area contributed by atoms with E-state index in [1.54, 1.807) is 55.4 Å². The van der Waals surface area contributed by atoms with Crippen LogP contribution in [0.5, 0.6) is 0 Å². The Kier molecular flexibility index (Phi) is 24.0. The molecule has 0 aromatic heterocycles. The molecule has 80 heavy (non-hydrogen) atoms. The SMILES string of the molecule is CCOC(=O)Cc1cc(CC(=O)OCC)c2cc1C(C)c1cc(c(CC(=O)OCC)cc1CC(=O)OCC)C(C)c1cc(c(CC(=O)OCC)cc1CC(=O)OCC)C(C)c1cc(c(CC(=O)OCC)cc1CC(=O)OCC)C2C. The average molecular weight is 1110 g/mol. The van der Waals surface area contributed by atoms with Gasteiger partial charge in [0.05, 0.1) is 104 Å². The van der Waals surface area contributed by atoms with Crippen LogP contribution in [-0.2, 0) is 128 Å². The van der Waals surface area contributed by atoms with Gasteiger partial charge >= 0.3 is 47.8 Å². The normalized spacial score (nSPS) is 15.4. The Balaban J connectivity index is 2.13. The zero-order valence-corrected chi connectivity index (χ0v) is 48.8. The molecular formula is C64H80O16. The van der Waals surface area contributed by atoms with Crippen LogP contribution in [0, 0.1) is 0 Å². The van der Waals surface area contributed by atoms with Crippen molar-refractivity contribution in [2.24, 2.45) is 0 Å². The monoisotopic (exact) mass is 1100 g/mol. The highest BCUT2D eigenvalue weighted by molar-refractivity contribution is 5.80. The van der Waals surface area contributed by atoms with Gasteiger partial charge in [-0.3, -0.25) is 38.4 Å². The molecule has 0 unspecified atom stereocenters. The van der Waals surface area contributed by atoms with E-state index in [4.69, 9.17) is 37.9 Å². The number of ether oxygens (including phenoxy) is 8. The second-order valence-electron chi connectivity index (χ2n) is 19.7. The standard InChI is InChI=1S/C64H80O16/c1-13-73-57(65)25-41-21-42(26-58(66)74-14-2)50-33-49(41)37(9)51-34-52(44(28-60(68)76-16-4)22-43(51)27-59(67)75-15-3)39(11)55-36-56(48(32-64(72)80-20-8)24-47(55)31-63(71)79-19-7)40(12)54-35-53(38(50)10)45(29-61(69)77-17-5)23-46(54)30-62(70)78-18-6/h21-24,33-40H,13-20,25-32H2,1-12H3. The average Bonchev–Trinajstić information content (AvgIpc) is 3.38. The fourth-order valence-corrected chi connectivity index (χ4v) is 11.0. The molecule has 4 aromatic rings. The van der Waals surface area contributed by atoms with E-state index in [1.165, 1.54) is 0 Å². The van der Waals surface area contributed by atoms with Crippen LogP contribution in [0.3, 0.4) is 0 Å². The van der Waals surface area contributed by atoms with E-state index in [0.29, 0.717) is 89.0 Å². The maximum atomic E-state index is 13.7. The van der Waals surface area contributed by atoms with Gasteiger partial charge in [-0.05, 0) is 144 Å². The summed E-state index contributed by atoms with van der Waals surface area (Å²) in [7, 11) is 0.